The van der Waals surface area contributed by atoms with Crippen molar-refractivity contribution in [3.05, 3.63) is 218 Å². The van der Waals surface area contributed by atoms with Gasteiger partial charge in [-0.3, -0.25) is 0 Å². The highest BCUT2D eigenvalue weighted by atomic mass is 32.1. The lowest BCUT2D eigenvalue weighted by atomic mass is 10.0. The lowest BCUT2D eigenvalue weighted by Gasteiger charge is -2.26. The molecular weight excluding hydrogens is 753 g/mol. The fourth-order valence-corrected chi connectivity index (χ4v) is 8.73. The van der Waals surface area contributed by atoms with Crippen LogP contribution >= 0.6 is 11.5 Å². The van der Waals surface area contributed by atoms with Crippen molar-refractivity contribution in [1.29, 1.82) is 0 Å². The Hall–Kier alpha value is -7.80. The second-order valence-corrected chi connectivity index (χ2v) is 15.5. The maximum atomic E-state index is 6.20. The first-order valence-electron chi connectivity index (χ1n) is 20.0. The third-order valence-corrected chi connectivity index (χ3v) is 11.8. The molecule has 0 aliphatic heterocycles. The Morgan fingerprint density at radius 1 is 0.350 bits per heavy atom. The first-order valence-corrected chi connectivity index (χ1v) is 20.7. The number of benzene rings is 9. The number of para-hydroxylation sites is 2. The minimum absolute atomic E-state index is 0.711. The van der Waals surface area contributed by atoms with E-state index in [0.29, 0.717) is 5.82 Å². The minimum Gasteiger partial charge on any atom is -0.456 e. The smallest absolute Gasteiger partial charge is 0.173 e. The molecule has 0 saturated carbocycles. The fraction of sp³-hybridized carbons (Fsp3) is 0. The zero-order valence-electron chi connectivity index (χ0n) is 32.4. The maximum absolute atomic E-state index is 6.20. The van der Waals surface area contributed by atoms with E-state index in [4.69, 9.17) is 13.8 Å². The van der Waals surface area contributed by atoms with Crippen molar-refractivity contribution in [2.45, 2.75) is 0 Å². The van der Waals surface area contributed by atoms with Gasteiger partial charge in [0, 0.05) is 56.0 Å². The van der Waals surface area contributed by atoms with Crippen LogP contribution in [0, 0.1) is 0 Å². The number of fused-ring (bicyclic) bond motifs is 4. The Bertz CT molecular complexity index is 3250. The quantitative estimate of drug-likeness (QED) is 0.146. The highest BCUT2D eigenvalue weighted by molar-refractivity contribution is 7.09. The van der Waals surface area contributed by atoms with Gasteiger partial charge in [0.25, 0.3) is 0 Å². The van der Waals surface area contributed by atoms with Gasteiger partial charge in [-0.05, 0) is 143 Å². The Kier molecular flexibility index (Phi) is 8.95. The van der Waals surface area contributed by atoms with Crippen molar-refractivity contribution < 1.29 is 4.42 Å². The zero-order valence-corrected chi connectivity index (χ0v) is 33.2. The van der Waals surface area contributed by atoms with Crippen molar-refractivity contribution in [2.24, 2.45) is 0 Å². The molecule has 2 heterocycles. The van der Waals surface area contributed by atoms with Crippen LogP contribution in [0.15, 0.2) is 223 Å². The van der Waals surface area contributed by atoms with E-state index >= 15 is 0 Å². The lowest BCUT2D eigenvalue weighted by Crippen LogP contribution is -2.09. The molecule has 2 aromatic heterocycles. The number of hydrogen-bond acceptors (Lipinski definition) is 6. The van der Waals surface area contributed by atoms with Crippen molar-refractivity contribution in [3.8, 4) is 33.1 Å². The molecule has 9 aromatic carbocycles. The lowest BCUT2D eigenvalue weighted by molar-refractivity contribution is 0.669. The van der Waals surface area contributed by atoms with Crippen LogP contribution in [0.3, 0.4) is 0 Å². The van der Waals surface area contributed by atoms with Gasteiger partial charge in [0.2, 0.25) is 0 Å². The number of rotatable bonds is 9. The molecule has 11 rings (SSSR count). The van der Waals surface area contributed by atoms with Gasteiger partial charge in [-0.2, -0.15) is 4.37 Å². The standard InChI is InChI=1S/C54H36N4OS/c1-3-11-37(12-4-1)39-19-26-44(27-20-39)58(48-33-34-52-50(36-48)49-17-9-10-18-51(49)59-52)46-30-24-41(25-31-46)54-55-53(56-60-54)40-22-28-45(29-23-40)57(43-15-5-2-6-16-43)47-32-21-38-13-7-8-14-42(38)35-47/h1-36H. The summed E-state index contributed by atoms with van der Waals surface area (Å²) in [5.41, 5.74) is 12.5. The normalized spacial score (nSPS) is 11.3. The van der Waals surface area contributed by atoms with Gasteiger partial charge in [0.1, 0.15) is 16.2 Å². The van der Waals surface area contributed by atoms with E-state index in [1.807, 2.05) is 24.3 Å². The molecular formula is C54H36N4OS. The molecule has 0 bridgehead atoms. The van der Waals surface area contributed by atoms with Crippen LogP contribution < -0.4 is 9.80 Å². The molecule has 0 aliphatic carbocycles. The van der Waals surface area contributed by atoms with Gasteiger partial charge in [-0.15, -0.1) is 0 Å². The average molecular weight is 789 g/mol. The number of furan rings is 1. The number of anilines is 6. The summed E-state index contributed by atoms with van der Waals surface area (Å²) in [5.74, 6) is 0.711. The molecule has 6 heteroatoms. The number of aromatic nitrogens is 2. The summed E-state index contributed by atoms with van der Waals surface area (Å²) in [6.07, 6.45) is 0. The summed E-state index contributed by atoms with van der Waals surface area (Å²) in [4.78, 5) is 9.61. The summed E-state index contributed by atoms with van der Waals surface area (Å²) in [7, 11) is 0. The zero-order chi connectivity index (χ0) is 39.8. The van der Waals surface area contributed by atoms with Crippen molar-refractivity contribution in [3.63, 3.8) is 0 Å². The molecule has 0 radical (unpaired) electrons. The molecule has 284 valence electrons. The van der Waals surface area contributed by atoms with E-state index in [1.165, 1.54) is 33.4 Å². The molecule has 5 nitrogen and oxygen atoms in total. The third kappa shape index (κ3) is 6.65. The highest BCUT2D eigenvalue weighted by Gasteiger charge is 2.18. The second kappa shape index (κ2) is 15.2. The van der Waals surface area contributed by atoms with Gasteiger partial charge >= 0.3 is 0 Å². The third-order valence-electron chi connectivity index (χ3n) is 11.0. The summed E-state index contributed by atoms with van der Waals surface area (Å²) in [6, 6.07) is 76.6. The summed E-state index contributed by atoms with van der Waals surface area (Å²) < 4.78 is 11.0. The topological polar surface area (TPSA) is 45.4 Å². The van der Waals surface area contributed by atoms with Crippen LogP contribution in [0.5, 0.6) is 0 Å². The van der Waals surface area contributed by atoms with Gasteiger partial charge in [0.15, 0.2) is 5.82 Å². The van der Waals surface area contributed by atoms with Crippen LogP contribution in [-0.2, 0) is 0 Å². The van der Waals surface area contributed by atoms with Crippen LogP contribution in [-0.4, -0.2) is 9.36 Å². The maximum Gasteiger partial charge on any atom is 0.173 e. The first kappa shape index (κ1) is 35.4. The fourth-order valence-electron chi connectivity index (χ4n) is 8.04. The van der Waals surface area contributed by atoms with Crippen LogP contribution in [0.25, 0.3) is 65.8 Å². The molecule has 0 fully saturated rings. The summed E-state index contributed by atoms with van der Waals surface area (Å²) in [5, 5.41) is 5.48. The van der Waals surface area contributed by atoms with Gasteiger partial charge in [-0.25, -0.2) is 4.98 Å². The van der Waals surface area contributed by atoms with Crippen LogP contribution in [0.2, 0.25) is 0 Å². The molecule has 0 N–H and O–H groups in total. The molecule has 11 aromatic rings. The summed E-state index contributed by atoms with van der Waals surface area (Å²) >= 11 is 1.42. The summed E-state index contributed by atoms with van der Waals surface area (Å²) in [6.45, 7) is 0. The molecule has 0 aliphatic rings. The van der Waals surface area contributed by atoms with Gasteiger partial charge < -0.3 is 14.2 Å². The molecule has 0 spiro atoms. The molecule has 0 amide bonds. The Morgan fingerprint density at radius 3 is 1.57 bits per heavy atom. The Balaban J connectivity index is 0.901. The predicted octanol–water partition coefficient (Wildman–Crippen LogP) is 15.5. The molecule has 60 heavy (non-hydrogen) atoms. The van der Waals surface area contributed by atoms with E-state index in [0.717, 1.165) is 72.2 Å². The Morgan fingerprint density at radius 2 is 0.850 bits per heavy atom. The van der Waals surface area contributed by atoms with E-state index in [9.17, 15) is 0 Å². The Labute approximate surface area is 351 Å². The van der Waals surface area contributed by atoms with Crippen LogP contribution in [0.4, 0.5) is 34.1 Å². The monoisotopic (exact) mass is 788 g/mol. The predicted molar refractivity (Wildman–Crippen MR) is 250 cm³/mol. The van der Waals surface area contributed by atoms with E-state index < -0.39 is 0 Å². The molecule has 0 atom stereocenters. The SMILES string of the molecule is c1ccc(-c2ccc(N(c3ccc(-c4nc(-c5ccc(N(c6ccccc6)c6ccc7ccccc7c6)cc5)ns4)cc3)c3ccc4oc5ccccc5c4c3)cc2)cc1. The highest BCUT2D eigenvalue weighted by Crippen LogP contribution is 2.41. The first-order chi connectivity index (χ1) is 29.7. The van der Waals surface area contributed by atoms with E-state index in [2.05, 4.69) is 204 Å². The molecule has 0 unspecified atom stereocenters. The largest absolute Gasteiger partial charge is 0.456 e. The second-order valence-electron chi connectivity index (χ2n) is 14.7. The number of nitrogens with zero attached hydrogens (tertiary/aromatic N) is 4. The van der Waals surface area contributed by atoms with Gasteiger partial charge in [-0.1, -0.05) is 109 Å². The van der Waals surface area contributed by atoms with Crippen molar-refractivity contribution in [1.82, 2.24) is 9.36 Å². The number of hydrogen-bond donors (Lipinski definition) is 0. The van der Waals surface area contributed by atoms with Gasteiger partial charge in [0.05, 0.1) is 0 Å². The van der Waals surface area contributed by atoms with E-state index in [1.54, 1.807) is 0 Å². The van der Waals surface area contributed by atoms with Crippen molar-refractivity contribution in [2.75, 3.05) is 9.80 Å². The van der Waals surface area contributed by atoms with Crippen LogP contribution in [0.1, 0.15) is 0 Å². The average Bonchev–Trinajstić information content (AvgIpc) is 3.96. The van der Waals surface area contributed by atoms with Crippen molar-refractivity contribution >= 4 is 78.4 Å². The molecule has 0 saturated heterocycles. The minimum atomic E-state index is 0.711. The van der Waals surface area contributed by atoms with E-state index in [-0.39, 0.29) is 0 Å².